The number of hydrogen-bond acceptors (Lipinski definition) is 5. The van der Waals surface area contributed by atoms with Crippen LogP contribution in [0.1, 0.15) is 24.0 Å². The zero-order valence-electron chi connectivity index (χ0n) is 17.7. The average Bonchev–Trinajstić information content (AvgIpc) is 2.76. The fraction of sp³-hybridized carbons (Fsp3) is 0.364. The molecule has 0 saturated heterocycles. The van der Waals surface area contributed by atoms with E-state index in [4.69, 9.17) is 4.74 Å². The van der Waals surface area contributed by atoms with Gasteiger partial charge in [0.15, 0.2) is 0 Å². The zero-order valence-corrected chi connectivity index (χ0v) is 18.5. The first-order chi connectivity index (χ1) is 14.8. The van der Waals surface area contributed by atoms with Crippen LogP contribution in [0.4, 0.5) is 5.69 Å². The molecule has 9 heteroatoms. The molecule has 0 spiro atoms. The number of aryl methyl sites for hydroxylation is 2. The molecule has 31 heavy (non-hydrogen) atoms. The van der Waals surface area contributed by atoms with Gasteiger partial charge in [0.05, 0.1) is 17.1 Å². The van der Waals surface area contributed by atoms with Crippen molar-refractivity contribution in [3.05, 3.63) is 53.6 Å². The Morgan fingerprint density at radius 1 is 1.06 bits per heavy atom. The Labute approximate surface area is 182 Å². The average molecular weight is 446 g/mol. The molecule has 8 nitrogen and oxygen atoms in total. The van der Waals surface area contributed by atoms with Crippen molar-refractivity contribution in [1.82, 2.24) is 10.0 Å². The molecule has 0 aromatic heterocycles. The molecule has 1 aliphatic rings. The predicted octanol–water partition coefficient (Wildman–Crippen LogP) is 1.90. The topological polar surface area (TPSA) is 105 Å². The monoisotopic (exact) mass is 445 g/mol. The van der Waals surface area contributed by atoms with Crippen molar-refractivity contribution < 1.29 is 22.7 Å². The van der Waals surface area contributed by atoms with E-state index in [1.165, 1.54) is 0 Å². The molecular formula is C22H27N3O5S. The highest BCUT2D eigenvalue weighted by Gasteiger charge is 2.23. The number of sulfonamides is 1. The van der Waals surface area contributed by atoms with Crippen molar-refractivity contribution in [3.63, 3.8) is 0 Å². The van der Waals surface area contributed by atoms with Crippen molar-refractivity contribution in [2.75, 3.05) is 31.1 Å². The number of benzene rings is 2. The molecule has 166 valence electrons. The maximum absolute atomic E-state index is 12.5. The number of rotatable bonds is 8. The highest BCUT2D eigenvalue weighted by atomic mass is 32.2. The van der Waals surface area contributed by atoms with Gasteiger partial charge in [-0.25, -0.2) is 13.1 Å². The summed E-state index contributed by atoms with van der Waals surface area (Å²) in [4.78, 5) is 26.5. The normalized spacial score (nSPS) is 13.3. The van der Waals surface area contributed by atoms with Gasteiger partial charge in [0.1, 0.15) is 12.4 Å². The molecule has 1 heterocycles. The van der Waals surface area contributed by atoms with E-state index in [0.717, 1.165) is 5.56 Å². The Kier molecular flexibility index (Phi) is 7.29. The summed E-state index contributed by atoms with van der Waals surface area (Å²) in [5.74, 6) is 0.199. The molecule has 2 amide bonds. The van der Waals surface area contributed by atoms with Crippen LogP contribution in [-0.4, -0.2) is 46.5 Å². The number of ether oxygens (including phenoxy) is 1. The standard InChI is InChI=1S/C22H27N3O5S/c1-16-7-8-17(2)20(15-16)31(28,29)24-12-11-23-21(26)9-10-22(27)25-13-14-30-19-6-4-3-5-18(19)25/h3-8,15,24H,9-14H2,1-2H3,(H,23,26). The lowest BCUT2D eigenvalue weighted by Crippen LogP contribution is -2.39. The number of para-hydroxylation sites is 2. The highest BCUT2D eigenvalue weighted by molar-refractivity contribution is 7.89. The molecule has 0 atom stereocenters. The van der Waals surface area contributed by atoms with E-state index < -0.39 is 10.0 Å². The van der Waals surface area contributed by atoms with Crippen LogP contribution in [0.3, 0.4) is 0 Å². The van der Waals surface area contributed by atoms with E-state index in [-0.39, 0.29) is 42.6 Å². The van der Waals surface area contributed by atoms with Crippen LogP contribution in [0.25, 0.3) is 0 Å². The number of nitrogens with one attached hydrogen (secondary N) is 2. The van der Waals surface area contributed by atoms with Crippen molar-refractivity contribution in [2.45, 2.75) is 31.6 Å². The van der Waals surface area contributed by atoms with Crippen LogP contribution in [0, 0.1) is 13.8 Å². The Morgan fingerprint density at radius 3 is 2.65 bits per heavy atom. The minimum Gasteiger partial charge on any atom is -0.490 e. The van der Waals surface area contributed by atoms with Crippen LogP contribution >= 0.6 is 0 Å². The van der Waals surface area contributed by atoms with E-state index in [1.807, 2.05) is 31.2 Å². The quantitative estimate of drug-likeness (QED) is 0.604. The number of hydrogen-bond donors (Lipinski definition) is 2. The third kappa shape index (κ3) is 5.83. The van der Waals surface area contributed by atoms with E-state index in [2.05, 4.69) is 10.0 Å². The molecule has 0 fully saturated rings. The van der Waals surface area contributed by atoms with E-state index >= 15 is 0 Å². The minimum atomic E-state index is -3.65. The van der Waals surface area contributed by atoms with Gasteiger partial charge in [0.2, 0.25) is 21.8 Å². The molecule has 0 aliphatic carbocycles. The molecule has 0 bridgehead atoms. The molecular weight excluding hydrogens is 418 g/mol. The lowest BCUT2D eigenvalue weighted by atomic mass is 10.2. The SMILES string of the molecule is Cc1ccc(C)c(S(=O)(=O)NCCNC(=O)CCC(=O)N2CCOc3ccccc32)c1. The molecule has 3 rings (SSSR count). The van der Waals surface area contributed by atoms with E-state index in [0.29, 0.717) is 30.2 Å². The summed E-state index contributed by atoms with van der Waals surface area (Å²) in [7, 11) is -3.65. The van der Waals surface area contributed by atoms with E-state index in [1.54, 1.807) is 30.0 Å². The molecule has 1 aliphatic heterocycles. The lowest BCUT2D eigenvalue weighted by Gasteiger charge is -2.29. The largest absolute Gasteiger partial charge is 0.490 e. The molecule has 0 radical (unpaired) electrons. The van der Waals surface area contributed by atoms with Gasteiger partial charge in [-0.15, -0.1) is 0 Å². The molecule has 2 aromatic carbocycles. The van der Waals surface area contributed by atoms with Crippen LogP contribution in [0.2, 0.25) is 0 Å². The summed E-state index contributed by atoms with van der Waals surface area (Å²) in [5.41, 5.74) is 2.22. The Balaban J connectivity index is 1.43. The van der Waals surface area contributed by atoms with Gasteiger partial charge in [0.25, 0.3) is 0 Å². The van der Waals surface area contributed by atoms with Crippen LogP contribution in [-0.2, 0) is 19.6 Å². The number of amides is 2. The zero-order chi connectivity index (χ0) is 22.4. The van der Waals surface area contributed by atoms with Gasteiger partial charge in [-0.3, -0.25) is 9.59 Å². The fourth-order valence-electron chi connectivity index (χ4n) is 3.33. The minimum absolute atomic E-state index is 0.0299. The summed E-state index contributed by atoms with van der Waals surface area (Å²) in [6.07, 6.45) is 0.0937. The first-order valence-electron chi connectivity index (χ1n) is 10.1. The smallest absolute Gasteiger partial charge is 0.240 e. The van der Waals surface area contributed by atoms with Crippen molar-refractivity contribution >= 4 is 27.5 Å². The van der Waals surface area contributed by atoms with Gasteiger partial charge in [-0.05, 0) is 43.2 Å². The van der Waals surface area contributed by atoms with Crippen molar-refractivity contribution in [1.29, 1.82) is 0 Å². The van der Waals surface area contributed by atoms with Gasteiger partial charge in [0, 0.05) is 25.9 Å². The Hall–Kier alpha value is -2.91. The summed E-state index contributed by atoms with van der Waals surface area (Å²) in [6.45, 7) is 4.62. The second-order valence-electron chi connectivity index (χ2n) is 7.38. The first kappa shape index (κ1) is 22.8. The Morgan fingerprint density at radius 2 is 1.84 bits per heavy atom. The summed E-state index contributed by atoms with van der Waals surface area (Å²) >= 11 is 0. The number of fused-ring (bicyclic) bond motifs is 1. The predicted molar refractivity (Wildman–Crippen MR) is 118 cm³/mol. The van der Waals surface area contributed by atoms with Gasteiger partial charge < -0.3 is 15.0 Å². The maximum Gasteiger partial charge on any atom is 0.240 e. The number of nitrogens with zero attached hydrogens (tertiary/aromatic N) is 1. The number of carbonyl (C=O) groups excluding carboxylic acids is 2. The second kappa shape index (κ2) is 9.93. The first-order valence-corrected chi connectivity index (χ1v) is 11.6. The second-order valence-corrected chi connectivity index (χ2v) is 9.11. The van der Waals surface area contributed by atoms with Gasteiger partial charge >= 0.3 is 0 Å². The highest BCUT2D eigenvalue weighted by Crippen LogP contribution is 2.31. The third-order valence-corrected chi connectivity index (χ3v) is 6.57. The van der Waals surface area contributed by atoms with Crippen LogP contribution in [0.15, 0.2) is 47.4 Å². The summed E-state index contributed by atoms with van der Waals surface area (Å²) < 4.78 is 32.9. The van der Waals surface area contributed by atoms with Crippen LogP contribution in [0.5, 0.6) is 5.75 Å². The summed E-state index contributed by atoms with van der Waals surface area (Å²) in [6, 6.07) is 12.5. The lowest BCUT2D eigenvalue weighted by molar-refractivity contribution is -0.125. The van der Waals surface area contributed by atoms with E-state index in [9.17, 15) is 18.0 Å². The molecule has 2 aromatic rings. The third-order valence-electron chi connectivity index (χ3n) is 4.97. The van der Waals surface area contributed by atoms with Gasteiger partial charge in [-0.2, -0.15) is 0 Å². The Bertz CT molecular complexity index is 1070. The number of anilines is 1. The maximum atomic E-state index is 12.5. The summed E-state index contributed by atoms with van der Waals surface area (Å²) in [5, 5.41) is 2.65. The molecule has 0 unspecified atom stereocenters. The molecule has 0 saturated carbocycles. The number of carbonyl (C=O) groups is 2. The molecule has 2 N–H and O–H groups in total. The fourth-order valence-corrected chi connectivity index (χ4v) is 4.69. The van der Waals surface area contributed by atoms with Crippen molar-refractivity contribution in [3.8, 4) is 5.75 Å². The van der Waals surface area contributed by atoms with Gasteiger partial charge in [-0.1, -0.05) is 24.3 Å². The van der Waals surface area contributed by atoms with Crippen LogP contribution < -0.4 is 19.7 Å². The van der Waals surface area contributed by atoms with Crippen molar-refractivity contribution in [2.24, 2.45) is 0 Å².